The molecule has 0 fully saturated rings. The SMILES string of the molecule is O=[N+]([O-])c1cc(-c2ccccc2)cc2ccccc12. The van der Waals surface area contributed by atoms with Crippen molar-refractivity contribution in [3.05, 3.63) is 76.8 Å². The zero-order valence-corrected chi connectivity index (χ0v) is 10.1. The fraction of sp³-hybridized carbons (Fsp3) is 0. The Morgan fingerprint density at radius 3 is 2.21 bits per heavy atom. The van der Waals surface area contributed by atoms with E-state index in [9.17, 15) is 10.1 Å². The number of nitro groups is 1. The topological polar surface area (TPSA) is 43.1 Å². The summed E-state index contributed by atoms with van der Waals surface area (Å²) in [4.78, 5) is 10.9. The van der Waals surface area contributed by atoms with E-state index < -0.39 is 0 Å². The van der Waals surface area contributed by atoms with Gasteiger partial charge in [-0.25, -0.2) is 0 Å². The van der Waals surface area contributed by atoms with Gasteiger partial charge < -0.3 is 0 Å². The van der Waals surface area contributed by atoms with Crippen LogP contribution in [0.25, 0.3) is 21.9 Å². The van der Waals surface area contributed by atoms with Gasteiger partial charge in [-0.05, 0) is 28.6 Å². The predicted octanol–water partition coefficient (Wildman–Crippen LogP) is 4.42. The van der Waals surface area contributed by atoms with Gasteiger partial charge in [-0.1, -0.05) is 48.5 Å². The molecule has 0 heterocycles. The molecule has 0 aliphatic heterocycles. The minimum atomic E-state index is -0.325. The standard InChI is InChI=1S/C16H11NO2/c18-17(19)16-11-14(12-6-2-1-3-7-12)10-13-8-4-5-9-15(13)16/h1-11H. The first-order chi connectivity index (χ1) is 9.25. The van der Waals surface area contributed by atoms with Crippen LogP contribution in [0.1, 0.15) is 0 Å². The van der Waals surface area contributed by atoms with Crippen LogP contribution in [0.5, 0.6) is 0 Å². The van der Waals surface area contributed by atoms with Gasteiger partial charge in [0.05, 0.1) is 10.3 Å². The number of benzene rings is 3. The zero-order valence-electron chi connectivity index (χ0n) is 10.1. The number of hydrogen-bond donors (Lipinski definition) is 0. The summed E-state index contributed by atoms with van der Waals surface area (Å²) >= 11 is 0. The highest BCUT2D eigenvalue weighted by Crippen LogP contribution is 2.32. The first kappa shape index (κ1) is 11.4. The Bertz CT molecular complexity index is 751. The Morgan fingerprint density at radius 2 is 1.47 bits per heavy atom. The predicted molar refractivity (Wildman–Crippen MR) is 76.0 cm³/mol. The van der Waals surface area contributed by atoms with Crippen LogP contribution in [0.2, 0.25) is 0 Å². The molecule has 0 aromatic heterocycles. The summed E-state index contributed by atoms with van der Waals surface area (Å²) in [7, 11) is 0. The Balaban J connectivity index is 2.31. The number of non-ortho nitro benzene ring substituents is 1. The van der Waals surface area contributed by atoms with E-state index in [2.05, 4.69) is 0 Å². The van der Waals surface area contributed by atoms with Gasteiger partial charge in [0.2, 0.25) is 0 Å². The third-order valence-corrected chi connectivity index (χ3v) is 3.14. The van der Waals surface area contributed by atoms with Crippen LogP contribution in [0.3, 0.4) is 0 Å². The van der Waals surface area contributed by atoms with Crippen molar-refractivity contribution in [3.63, 3.8) is 0 Å². The smallest absolute Gasteiger partial charge is 0.258 e. The lowest BCUT2D eigenvalue weighted by Gasteiger charge is -2.05. The van der Waals surface area contributed by atoms with Crippen LogP contribution in [0.15, 0.2) is 66.7 Å². The molecule has 0 aliphatic carbocycles. The van der Waals surface area contributed by atoms with Crippen molar-refractivity contribution in [1.29, 1.82) is 0 Å². The average Bonchev–Trinajstić information content (AvgIpc) is 2.47. The molecule has 0 atom stereocenters. The summed E-state index contributed by atoms with van der Waals surface area (Å²) in [5, 5.41) is 12.8. The van der Waals surface area contributed by atoms with E-state index in [-0.39, 0.29) is 10.6 Å². The normalized spacial score (nSPS) is 10.5. The molecule has 0 unspecified atom stereocenters. The molecule has 0 aliphatic rings. The zero-order chi connectivity index (χ0) is 13.2. The summed E-state index contributed by atoms with van der Waals surface area (Å²) in [6.07, 6.45) is 0. The van der Waals surface area contributed by atoms with Gasteiger partial charge in [-0.2, -0.15) is 0 Å². The fourth-order valence-corrected chi connectivity index (χ4v) is 2.24. The average molecular weight is 249 g/mol. The summed E-state index contributed by atoms with van der Waals surface area (Å²) in [5.74, 6) is 0. The monoisotopic (exact) mass is 249 g/mol. The van der Waals surface area contributed by atoms with Crippen LogP contribution >= 0.6 is 0 Å². The van der Waals surface area contributed by atoms with E-state index in [1.54, 1.807) is 12.1 Å². The lowest BCUT2D eigenvalue weighted by atomic mass is 10.00. The van der Waals surface area contributed by atoms with E-state index in [0.29, 0.717) is 5.39 Å². The van der Waals surface area contributed by atoms with Crippen LogP contribution in [-0.4, -0.2) is 4.92 Å². The number of rotatable bonds is 2. The molecular weight excluding hydrogens is 238 g/mol. The minimum absolute atomic E-state index is 0.150. The second-order valence-corrected chi connectivity index (χ2v) is 4.34. The Morgan fingerprint density at radius 1 is 0.789 bits per heavy atom. The maximum Gasteiger partial charge on any atom is 0.277 e. The van der Waals surface area contributed by atoms with Crippen molar-refractivity contribution >= 4 is 16.5 Å². The fourth-order valence-electron chi connectivity index (χ4n) is 2.24. The number of fused-ring (bicyclic) bond motifs is 1. The molecule has 0 saturated carbocycles. The number of nitro benzene ring substituents is 1. The van der Waals surface area contributed by atoms with E-state index in [1.165, 1.54) is 0 Å². The second-order valence-electron chi connectivity index (χ2n) is 4.34. The number of hydrogen-bond acceptors (Lipinski definition) is 2. The summed E-state index contributed by atoms with van der Waals surface area (Å²) < 4.78 is 0. The molecule has 0 radical (unpaired) electrons. The van der Waals surface area contributed by atoms with Crippen LogP contribution in [-0.2, 0) is 0 Å². The summed E-state index contributed by atoms with van der Waals surface area (Å²) in [6, 6.07) is 20.7. The van der Waals surface area contributed by atoms with Gasteiger partial charge in [0, 0.05) is 6.07 Å². The van der Waals surface area contributed by atoms with Gasteiger partial charge in [0.1, 0.15) is 0 Å². The molecule has 3 rings (SSSR count). The molecule has 0 bridgehead atoms. The van der Waals surface area contributed by atoms with E-state index in [1.807, 2.05) is 54.6 Å². The Labute approximate surface area is 110 Å². The van der Waals surface area contributed by atoms with E-state index >= 15 is 0 Å². The molecule has 3 nitrogen and oxygen atoms in total. The molecule has 19 heavy (non-hydrogen) atoms. The van der Waals surface area contributed by atoms with Crippen LogP contribution in [0.4, 0.5) is 5.69 Å². The molecule has 0 saturated heterocycles. The third-order valence-electron chi connectivity index (χ3n) is 3.14. The first-order valence-electron chi connectivity index (χ1n) is 5.98. The highest BCUT2D eigenvalue weighted by Gasteiger charge is 2.13. The second kappa shape index (κ2) is 4.53. The Kier molecular flexibility index (Phi) is 2.72. The van der Waals surface area contributed by atoms with Crippen molar-refractivity contribution in [2.45, 2.75) is 0 Å². The van der Waals surface area contributed by atoms with Crippen molar-refractivity contribution in [2.75, 3.05) is 0 Å². The minimum Gasteiger partial charge on any atom is -0.258 e. The molecule has 3 heteroatoms. The molecule has 0 N–H and O–H groups in total. The lowest BCUT2D eigenvalue weighted by Crippen LogP contribution is -1.91. The maximum atomic E-state index is 11.2. The van der Waals surface area contributed by atoms with Crippen LogP contribution in [0, 0.1) is 10.1 Å². The number of nitrogens with zero attached hydrogens (tertiary/aromatic N) is 1. The Hall–Kier alpha value is -2.68. The highest BCUT2D eigenvalue weighted by molar-refractivity contribution is 5.94. The van der Waals surface area contributed by atoms with Gasteiger partial charge >= 0.3 is 0 Å². The van der Waals surface area contributed by atoms with Gasteiger partial charge in [-0.15, -0.1) is 0 Å². The molecule has 0 spiro atoms. The van der Waals surface area contributed by atoms with Crippen molar-refractivity contribution in [1.82, 2.24) is 0 Å². The van der Waals surface area contributed by atoms with E-state index in [4.69, 9.17) is 0 Å². The van der Waals surface area contributed by atoms with Gasteiger partial charge in [-0.3, -0.25) is 10.1 Å². The molecular formula is C16H11NO2. The largest absolute Gasteiger partial charge is 0.277 e. The highest BCUT2D eigenvalue weighted by atomic mass is 16.6. The van der Waals surface area contributed by atoms with Crippen molar-refractivity contribution in [2.24, 2.45) is 0 Å². The quantitative estimate of drug-likeness (QED) is 0.498. The van der Waals surface area contributed by atoms with Crippen molar-refractivity contribution in [3.8, 4) is 11.1 Å². The third kappa shape index (κ3) is 2.06. The van der Waals surface area contributed by atoms with Gasteiger partial charge in [0.25, 0.3) is 5.69 Å². The summed E-state index contributed by atoms with van der Waals surface area (Å²) in [5.41, 5.74) is 2.00. The van der Waals surface area contributed by atoms with Crippen molar-refractivity contribution < 1.29 is 4.92 Å². The molecule has 3 aromatic rings. The molecule has 92 valence electrons. The maximum absolute atomic E-state index is 11.2. The van der Waals surface area contributed by atoms with E-state index in [0.717, 1.165) is 16.5 Å². The summed E-state index contributed by atoms with van der Waals surface area (Å²) in [6.45, 7) is 0. The van der Waals surface area contributed by atoms with Crippen LogP contribution < -0.4 is 0 Å². The van der Waals surface area contributed by atoms with Gasteiger partial charge in [0.15, 0.2) is 0 Å². The first-order valence-corrected chi connectivity index (χ1v) is 5.98. The molecule has 3 aromatic carbocycles. The molecule has 0 amide bonds. The lowest BCUT2D eigenvalue weighted by molar-refractivity contribution is -0.383.